The molecule has 0 bridgehead atoms. The zero-order valence-corrected chi connectivity index (χ0v) is 9.74. The van der Waals surface area contributed by atoms with Crippen LogP contribution in [0.15, 0.2) is 0 Å². The summed E-state index contributed by atoms with van der Waals surface area (Å²) in [5.74, 6) is 0. The zero-order valence-electron chi connectivity index (χ0n) is 9.74. The minimum absolute atomic E-state index is 0.567. The average molecular weight is 180 g/mol. The lowest BCUT2D eigenvalue weighted by atomic mass is 9.71. The molecule has 2 aliphatic rings. The fourth-order valence-electron chi connectivity index (χ4n) is 3.89. The minimum Gasteiger partial charge on any atom is -0.0594 e. The van der Waals surface area contributed by atoms with E-state index in [0.717, 1.165) is 5.41 Å². The molecule has 0 aliphatic heterocycles. The first kappa shape index (κ1) is 9.55. The van der Waals surface area contributed by atoms with Crippen LogP contribution in [0.1, 0.15) is 66.2 Å². The maximum absolute atomic E-state index is 2.47. The number of hydrogen-bond donors (Lipinski definition) is 0. The van der Waals surface area contributed by atoms with Gasteiger partial charge in [-0.1, -0.05) is 40.5 Å². The summed E-state index contributed by atoms with van der Waals surface area (Å²) in [7, 11) is 0. The first-order valence-corrected chi connectivity index (χ1v) is 5.87. The molecule has 2 saturated carbocycles. The molecule has 0 aromatic rings. The van der Waals surface area contributed by atoms with Crippen LogP contribution in [0.3, 0.4) is 0 Å². The molecule has 0 radical (unpaired) electrons. The van der Waals surface area contributed by atoms with E-state index in [9.17, 15) is 0 Å². The van der Waals surface area contributed by atoms with E-state index < -0.39 is 0 Å². The molecule has 1 spiro atoms. The molecule has 0 aromatic heterocycles. The molecule has 0 amide bonds. The molecule has 0 atom stereocenters. The third-order valence-corrected chi connectivity index (χ3v) is 5.13. The fraction of sp³-hybridized carbons (Fsp3) is 1.00. The van der Waals surface area contributed by atoms with E-state index in [2.05, 4.69) is 27.7 Å². The first-order valence-electron chi connectivity index (χ1n) is 5.87. The number of hydrogen-bond acceptors (Lipinski definition) is 0. The van der Waals surface area contributed by atoms with Gasteiger partial charge in [-0.2, -0.15) is 0 Å². The Morgan fingerprint density at radius 1 is 0.692 bits per heavy atom. The third kappa shape index (κ3) is 1.33. The summed E-state index contributed by atoms with van der Waals surface area (Å²) in [6, 6.07) is 0. The third-order valence-electron chi connectivity index (χ3n) is 5.13. The van der Waals surface area contributed by atoms with Gasteiger partial charge in [0.25, 0.3) is 0 Å². The largest absolute Gasteiger partial charge is 0.0594 e. The van der Waals surface area contributed by atoms with Crippen molar-refractivity contribution < 1.29 is 0 Å². The van der Waals surface area contributed by atoms with Crippen LogP contribution in [-0.2, 0) is 0 Å². The highest BCUT2D eigenvalue weighted by molar-refractivity contribution is 5.04. The van der Waals surface area contributed by atoms with Crippen molar-refractivity contribution in [3.63, 3.8) is 0 Å². The molecular formula is C13H24. The Balaban J connectivity index is 2.23. The summed E-state index contributed by atoms with van der Waals surface area (Å²) in [6.07, 6.45) is 8.97. The van der Waals surface area contributed by atoms with Gasteiger partial charge in [-0.15, -0.1) is 0 Å². The molecule has 76 valence electrons. The van der Waals surface area contributed by atoms with Gasteiger partial charge in [0.15, 0.2) is 0 Å². The normalized spacial score (nSPS) is 34.2. The summed E-state index contributed by atoms with van der Waals surface area (Å²) in [6.45, 7) is 9.89. The lowest BCUT2D eigenvalue weighted by Crippen LogP contribution is -2.25. The predicted octanol–water partition coefficient (Wildman–Crippen LogP) is 4.39. The quantitative estimate of drug-likeness (QED) is 0.518. The second kappa shape index (κ2) is 2.52. The monoisotopic (exact) mass is 180 g/mol. The van der Waals surface area contributed by atoms with Crippen LogP contribution in [0, 0.1) is 16.2 Å². The molecule has 2 fully saturated rings. The molecule has 0 heterocycles. The van der Waals surface area contributed by atoms with Crippen LogP contribution in [0.5, 0.6) is 0 Å². The Bertz CT molecular complexity index is 186. The van der Waals surface area contributed by atoms with Crippen molar-refractivity contribution >= 4 is 0 Å². The molecule has 13 heavy (non-hydrogen) atoms. The molecule has 0 aromatic carbocycles. The summed E-state index contributed by atoms with van der Waals surface area (Å²) < 4.78 is 0. The second-order valence-corrected chi connectivity index (χ2v) is 6.83. The van der Waals surface area contributed by atoms with Gasteiger partial charge in [0.1, 0.15) is 0 Å². The fourth-order valence-corrected chi connectivity index (χ4v) is 3.89. The highest BCUT2D eigenvalue weighted by Gasteiger charge is 2.54. The van der Waals surface area contributed by atoms with E-state index in [0.29, 0.717) is 10.8 Å². The van der Waals surface area contributed by atoms with E-state index in [4.69, 9.17) is 0 Å². The molecule has 2 rings (SSSR count). The smallest absolute Gasteiger partial charge is 0.0287 e. The molecule has 0 N–H and O–H groups in total. The van der Waals surface area contributed by atoms with Crippen LogP contribution in [0.4, 0.5) is 0 Å². The van der Waals surface area contributed by atoms with Gasteiger partial charge >= 0.3 is 0 Å². The van der Waals surface area contributed by atoms with Crippen molar-refractivity contribution in [2.75, 3.05) is 0 Å². The Morgan fingerprint density at radius 3 is 1.46 bits per heavy atom. The maximum Gasteiger partial charge on any atom is -0.0287 e. The SMILES string of the molecule is CC1(C)CC2(CCCC2)CC1(C)C. The summed E-state index contributed by atoms with van der Waals surface area (Å²) in [4.78, 5) is 0. The van der Waals surface area contributed by atoms with E-state index in [1.807, 2.05) is 0 Å². The van der Waals surface area contributed by atoms with Gasteiger partial charge in [-0.05, 0) is 41.9 Å². The van der Waals surface area contributed by atoms with Gasteiger partial charge in [-0.3, -0.25) is 0 Å². The van der Waals surface area contributed by atoms with Crippen molar-refractivity contribution in [2.24, 2.45) is 16.2 Å². The van der Waals surface area contributed by atoms with Crippen LogP contribution < -0.4 is 0 Å². The molecular weight excluding hydrogens is 156 g/mol. The highest BCUT2D eigenvalue weighted by atomic mass is 14.6. The lowest BCUT2D eigenvalue weighted by molar-refractivity contribution is 0.157. The van der Waals surface area contributed by atoms with Gasteiger partial charge in [-0.25, -0.2) is 0 Å². The Hall–Kier alpha value is 0. The molecule has 0 nitrogen and oxygen atoms in total. The summed E-state index contributed by atoms with van der Waals surface area (Å²) in [5.41, 5.74) is 1.89. The van der Waals surface area contributed by atoms with Gasteiger partial charge < -0.3 is 0 Å². The zero-order chi connectivity index (χ0) is 9.74. The van der Waals surface area contributed by atoms with Crippen LogP contribution in [0.2, 0.25) is 0 Å². The molecule has 0 unspecified atom stereocenters. The summed E-state index contributed by atoms with van der Waals surface area (Å²) >= 11 is 0. The second-order valence-electron chi connectivity index (χ2n) is 6.83. The van der Waals surface area contributed by atoms with Crippen molar-refractivity contribution in [1.82, 2.24) is 0 Å². The summed E-state index contributed by atoms with van der Waals surface area (Å²) in [5, 5.41) is 0. The van der Waals surface area contributed by atoms with Gasteiger partial charge in [0, 0.05) is 0 Å². The van der Waals surface area contributed by atoms with Crippen LogP contribution in [-0.4, -0.2) is 0 Å². The predicted molar refractivity (Wildman–Crippen MR) is 57.7 cm³/mol. The minimum atomic E-state index is 0.567. The van der Waals surface area contributed by atoms with E-state index >= 15 is 0 Å². The Kier molecular flexibility index (Phi) is 1.85. The van der Waals surface area contributed by atoms with Crippen molar-refractivity contribution in [3.05, 3.63) is 0 Å². The van der Waals surface area contributed by atoms with E-state index in [-0.39, 0.29) is 0 Å². The Morgan fingerprint density at radius 2 is 1.08 bits per heavy atom. The van der Waals surface area contributed by atoms with E-state index in [1.54, 1.807) is 0 Å². The van der Waals surface area contributed by atoms with Crippen molar-refractivity contribution in [3.8, 4) is 0 Å². The average Bonchev–Trinajstić information content (AvgIpc) is 2.39. The number of rotatable bonds is 0. The van der Waals surface area contributed by atoms with Crippen molar-refractivity contribution in [2.45, 2.75) is 66.2 Å². The standard InChI is InChI=1S/C13H24/c1-11(2)9-13(7-5-6-8-13)10-12(11,3)4/h5-10H2,1-4H3. The van der Waals surface area contributed by atoms with E-state index in [1.165, 1.54) is 38.5 Å². The van der Waals surface area contributed by atoms with Crippen LogP contribution in [0.25, 0.3) is 0 Å². The molecule has 0 saturated heterocycles. The molecule has 0 heteroatoms. The van der Waals surface area contributed by atoms with Gasteiger partial charge in [0.05, 0.1) is 0 Å². The lowest BCUT2D eigenvalue weighted by Gasteiger charge is -2.34. The van der Waals surface area contributed by atoms with Crippen molar-refractivity contribution in [1.29, 1.82) is 0 Å². The topological polar surface area (TPSA) is 0 Å². The van der Waals surface area contributed by atoms with Crippen LogP contribution >= 0.6 is 0 Å². The highest BCUT2D eigenvalue weighted by Crippen LogP contribution is 2.65. The Labute approximate surface area is 83.1 Å². The van der Waals surface area contributed by atoms with Gasteiger partial charge in [0.2, 0.25) is 0 Å². The first-order chi connectivity index (χ1) is 5.87. The maximum atomic E-state index is 2.47. The molecule has 2 aliphatic carbocycles.